The third-order valence-electron chi connectivity index (χ3n) is 13.4. The van der Waals surface area contributed by atoms with Crippen molar-refractivity contribution in [2.45, 2.75) is 58.3 Å². The quantitative estimate of drug-likeness (QED) is 0.183. The maximum absolute atomic E-state index is 6.65. The number of anilines is 2. The van der Waals surface area contributed by atoms with Crippen LogP contribution in [0.15, 0.2) is 133 Å². The van der Waals surface area contributed by atoms with Crippen molar-refractivity contribution in [1.82, 2.24) is 4.57 Å². The lowest BCUT2D eigenvalue weighted by Gasteiger charge is -2.42. The topological polar surface area (TPSA) is 35.4 Å². The zero-order valence-electron chi connectivity index (χ0n) is 33.5. The van der Waals surface area contributed by atoms with E-state index in [1.807, 2.05) is 24.3 Å². The molecule has 3 aliphatic rings. The van der Waals surface area contributed by atoms with E-state index in [1.54, 1.807) is 0 Å². The van der Waals surface area contributed by atoms with Crippen molar-refractivity contribution in [3.8, 4) is 39.8 Å². The molecule has 0 saturated carbocycles. The highest BCUT2D eigenvalue weighted by molar-refractivity contribution is 6.74. The van der Waals surface area contributed by atoms with Crippen LogP contribution in [0.25, 0.3) is 60.2 Å². The molecule has 0 saturated heterocycles. The molecule has 0 amide bonds. The van der Waals surface area contributed by atoms with Gasteiger partial charge >= 0.3 is 0 Å². The van der Waals surface area contributed by atoms with Gasteiger partial charge in [-0.1, -0.05) is 130 Å². The van der Waals surface area contributed by atoms with E-state index < -0.39 is 0 Å². The Balaban J connectivity index is 1.15. The van der Waals surface area contributed by atoms with Crippen molar-refractivity contribution in [1.29, 1.82) is 0 Å². The molecule has 5 heteroatoms. The van der Waals surface area contributed by atoms with Crippen LogP contribution in [-0.2, 0) is 10.8 Å². The Labute approximate surface area is 339 Å². The molecular weight excluding hydrogens is 707 g/mol. The Morgan fingerprint density at radius 1 is 0.534 bits per heavy atom. The van der Waals surface area contributed by atoms with Gasteiger partial charge in [0.25, 0.3) is 0 Å². The van der Waals surface area contributed by atoms with Crippen LogP contribution in [0.3, 0.4) is 0 Å². The van der Waals surface area contributed by atoms with E-state index in [0.29, 0.717) is 23.0 Å². The summed E-state index contributed by atoms with van der Waals surface area (Å²) in [5.74, 6) is 2.82. The fourth-order valence-corrected chi connectivity index (χ4v) is 10.2. The molecule has 8 aromatic carbocycles. The van der Waals surface area contributed by atoms with Crippen LogP contribution in [0.5, 0.6) is 23.0 Å². The Hall–Kier alpha value is -6.46. The third kappa shape index (κ3) is 4.76. The molecule has 12 rings (SSSR count). The summed E-state index contributed by atoms with van der Waals surface area (Å²) in [5.41, 5.74) is 14.6. The van der Waals surface area contributed by atoms with Gasteiger partial charge in [0.1, 0.15) is 0 Å². The molecular formula is C53H42BN2O2. The SMILES string of the molecule is Cc1cc2c(cc1Nc1cc3c(cc1-c1cc4ccccc4c4c1[B]c1cccc5c6ccc7ccccc7c6n-4c15)Oc1ccccc1O3)C(C)(C)CCC2(C)C. The maximum atomic E-state index is 6.65. The molecule has 1 radical (unpaired) electrons. The van der Waals surface area contributed by atoms with E-state index >= 15 is 0 Å². The molecule has 4 nitrogen and oxygen atoms in total. The van der Waals surface area contributed by atoms with Gasteiger partial charge in [0, 0.05) is 50.1 Å². The fourth-order valence-electron chi connectivity index (χ4n) is 10.2. The second-order valence-electron chi connectivity index (χ2n) is 17.9. The number of aromatic nitrogens is 1. The second kappa shape index (κ2) is 11.8. The van der Waals surface area contributed by atoms with Gasteiger partial charge in [0.15, 0.2) is 30.3 Å². The van der Waals surface area contributed by atoms with Crippen molar-refractivity contribution >= 4 is 72.9 Å². The van der Waals surface area contributed by atoms with Crippen LogP contribution in [0.2, 0.25) is 0 Å². The van der Waals surface area contributed by atoms with Gasteiger partial charge in [0.05, 0.1) is 11.2 Å². The van der Waals surface area contributed by atoms with Crippen molar-refractivity contribution in [2.75, 3.05) is 5.32 Å². The lowest BCUT2D eigenvalue weighted by atomic mass is 9.58. The first kappa shape index (κ1) is 33.7. The molecule has 1 aliphatic carbocycles. The number of nitrogens with zero attached hydrogens (tertiary/aromatic N) is 1. The predicted octanol–water partition coefficient (Wildman–Crippen LogP) is 13.0. The summed E-state index contributed by atoms with van der Waals surface area (Å²) >= 11 is 0. The minimum atomic E-state index is 0.0726. The normalized spacial score (nSPS) is 15.5. The molecule has 2 aliphatic heterocycles. The van der Waals surface area contributed by atoms with Crippen LogP contribution in [0.1, 0.15) is 57.2 Å². The number of fused-ring (bicyclic) bond motifs is 12. The smallest absolute Gasteiger partial charge is 0.197 e. The minimum Gasteiger partial charge on any atom is -0.449 e. The molecule has 279 valence electrons. The van der Waals surface area contributed by atoms with E-state index in [4.69, 9.17) is 9.47 Å². The van der Waals surface area contributed by atoms with Gasteiger partial charge in [-0.15, -0.1) is 0 Å². The van der Waals surface area contributed by atoms with Crippen LogP contribution in [-0.4, -0.2) is 11.8 Å². The minimum absolute atomic E-state index is 0.0726. The fraction of sp³-hybridized carbons (Fsp3) is 0.170. The lowest BCUT2D eigenvalue weighted by Crippen LogP contribution is -2.37. The summed E-state index contributed by atoms with van der Waals surface area (Å²) in [7, 11) is 2.41. The highest BCUT2D eigenvalue weighted by Gasteiger charge is 2.38. The maximum Gasteiger partial charge on any atom is 0.197 e. The largest absolute Gasteiger partial charge is 0.449 e. The molecule has 0 spiro atoms. The lowest BCUT2D eigenvalue weighted by molar-refractivity contribution is 0.332. The Morgan fingerprint density at radius 2 is 1.17 bits per heavy atom. The first-order valence-corrected chi connectivity index (χ1v) is 20.5. The molecule has 1 N–H and O–H groups in total. The molecule has 0 bridgehead atoms. The van der Waals surface area contributed by atoms with Crippen LogP contribution < -0.4 is 25.7 Å². The molecule has 0 fully saturated rings. The average molecular weight is 750 g/mol. The number of benzene rings is 8. The average Bonchev–Trinajstić information content (AvgIpc) is 3.58. The van der Waals surface area contributed by atoms with Gasteiger partial charge in [-0.2, -0.15) is 0 Å². The molecule has 58 heavy (non-hydrogen) atoms. The zero-order valence-corrected chi connectivity index (χ0v) is 33.5. The standard InChI is InChI=1S/C53H42BN2O2/c1-30-25-39-40(53(4,5)24-23-52(39,2)3)28-42(30)55-43-29-47-46(57-44-19-10-11-20-45(44)58-47)27-37(43)38-26-32-14-7-9-16-34(32)51-48(38)54-41-18-12-17-35-36-22-21-31-13-6-8-15-33(31)49(36)56(51)50(35)41/h6-22,25-29,55H,23-24H2,1-5H3. The number of para-hydroxylation sites is 3. The Bertz CT molecular complexity index is 3260. The van der Waals surface area contributed by atoms with Gasteiger partial charge in [-0.05, 0) is 99.4 Å². The summed E-state index contributed by atoms with van der Waals surface area (Å²) in [6.07, 6.45) is 2.33. The highest BCUT2D eigenvalue weighted by Crippen LogP contribution is 2.52. The summed E-state index contributed by atoms with van der Waals surface area (Å²) in [6, 6.07) is 48.4. The molecule has 9 aromatic rings. The predicted molar refractivity (Wildman–Crippen MR) is 243 cm³/mol. The number of nitrogens with one attached hydrogen (secondary N) is 1. The first-order chi connectivity index (χ1) is 28.1. The highest BCUT2D eigenvalue weighted by atomic mass is 16.6. The summed E-state index contributed by atoms with van der Waals surface area (Å²) in [4.78, 5) is 0. The first-order valence-electron chi connectivity index (χ1n) is 20.5. The van der Waals surface area contributed by atoms with Gasteiger partial charge < -0.3 is 19.4 Å². The number of hydrogen-bond donors (Lipinski definition) is 1. The van der Waals surface area contributed by atoms with E-state index in [-0.39, 0.29) is 10.8 Å². The van der Waals surface area contributed by atoms with Crippen LogP contribution in [0.4, 0.5) is 11.4 Å². The number of hydrogen-bond acceptors (Lipinski definition) is 3. The number of ether oxygens (including phenoxy) is 2. The molecule has 1 aromatic heterocycles. The van der Waals surface area contributed by atoms with Crippen molar-refractivity contribution in [3.05, 3.63) is 150 Å². The molecule has 0 unspecified atom stereocenters. The van der Waals surface area contributed by atoms with Gasteiger partial charge in [-0.25, -0.2) is 0 Å². The van der Waals surface area contributed by atoms with E-state index in [2.05, 4.69) is 161 Å². The summed E-state index contributed by atoms with van der Waals surface area (Å²) < 4.78 is 15.8. The van der Waals surface area contributed by atoms with Crippen molar-refractivity contribution in [2.24, 2.45) is 0 Å². The number of rotatable bonds is 3. The molecule has 3 heterocycles. The van der Waals surface area contributed by atoms with E-state index in [0.717, 1.165) is 28.9 Å². The van der Waals surface area contributed by atoms with Crippen LogP contribution in [0, 0.1) is 6.92 Å². The number of aryl methyl sites for hydroxylation is 1. The third-order valence-corrected chi connectivity index (χ3v) is 13.4. The van der Waals surface area contributed by atoms with Crippen molar-refractivity contribution < 1.29 is 9.47 Å². The summed E-state index contributed by atoms with van der Waals surface area (Å²) in [6.45, 7) is 11.8. The van der Waals surface area contributed by atoms with Crippen LogP contribution >= 0.6 is 0 Å². The zero-order chi connectivity index (χ0) is 39.1. The Morgan fingerprint density at radius 3 is 1.95 bits per heavy atom. The van der Waals surface area contributed by atoms with Gasteiger partial charge in [-0.3, -0.25) is 0 Å². The molecule has 0 atom stereocenters. The van der Waals surface area contributed by atoms with E-state index in [1.165, 1.54) is 83.1 Å². The van der Waals surface area contributed by atoms with E-state index in [9.17, 15) is 0 Å². The summed E-state index contributed by atoms with van der Waals surface area (Å²) in [5, 5.41) is 11.4. The second-order valence-corrected chi connectivity index (χ2v) is 17.9. The monoisotopic (exact) mass is 749 g/mol. The van der Waals surface area contributed by atoms with Gasteiger partial charge in [0.2, 0.25) is 0 Å². The van der Waals surface area contributed by atoms with Crippen molar-refractivity contribution in [3.63, 3.8) is 0 Å². The Kier molecular flexibility index (Phi) is 6.85.